The van der Waals surface area contributed by atoms with Crippen LogP contribution in [0.15, 0.2) is 18.5 Å². The second kappa shape index (κ2) is 6.07. The van der Waals surface area contributed by atoms with Gasteiger partial charge in [-0.15, -0.1) is 0 Å². The Labute approximate surface area is 129 Å². The number of carbonyl (C=O) groups is 1. The van der Waals surface area contributed by atoms with E-state index in [1.165, 1.54) is 0 Å². The second-order valence-electron chi connectivity index (χ2n) is 5.57. The van der Waals surface area contributed by atoms with Crippen LogP contribution >= 0.6 is 0 Å². The predicted octanol–water partition coefficient (Wildman–Crippen LogP) is -0.505. The quantitative estimate of drug-likeness (QED) is 0.787. The van der Waals surface area contributed by atoms with Crippen molar-refractivity contribution in [2.45, 2.75) is 12.5 Å². The van der Waals surface area contributed by atoms with Crippen LogP contribution < -0.4 is 10.2 Å². The molecule has 120 valence electrons. The first kappa shape index (κ1) is 15.0. The Morgan fingerprint density at radius 3 is 2.45 bits per heavy atom. The Kier molecular flexibility index (Phi) is 4.14. The van der Waals surface area contributed by atoms with Gasteiger partial charge in [0.2, 0.25) is 5.95 Å². The molecule has 2 saturated heterocycles. The van der Waals surface area contributed by atoms with E-state index in [0.29, 0.717) is 38.5 Å². The van der Waals surface area contributed by atoms with E-state index in [1.807, 2.05) is 4.90 Å². The van der Waals surface area contributed by atoms with Gasteiger partial charge in [0, 0.05) is 44.6 Å². The van der Waals surface area contributed by atoms with Gasteiger partial charge in [-0.05, 0) is 12.5 Å². The third kappa shape index (κ3) is 3.46. The first-order valence-electron chi connectivity index (χ1n) is 7.31. The summed E-state index contributed by atoms with van der Waals surface area (Å²) >= 11 is 0. The number of rotatable bonds is 2. The fourth-order valence-electron chi connectivity index (χ4n) is 2.74. The molecule has 0 bridgehead atoms. The standard InChI is InChI=1S/C13H19N5O3S/c19-13(16-11-2-9-22(20,21)10-11)18-7-5-17(6-8-18)12-14-3-1-4-15-12/h1,3-4,11H,2,5-10H2,(H,16,19)/t11-/m0/s1. The van der Waals surface area contributed by atoms with Crippen LogP contribution in [0.25, 0.3) is 0 Å². The predicted molar refractivity (Wildman–Crippen MR) is 81.4 cm³/mol. The molecule has 1 aromatic heterocycles. The smallest absolute Gasteiger partial charge is 0.317 e. The van der Waals surface area contributed by atoms with Crippen molar-refractivity contribution in [2.24, 2.45) is 0 Å². The number of anilines is 1. The SMILES string of the molecule is O=C(N[C@H]1CCS(=O)(=O)C1)N1CCN(c2ncccn2)CC1. The molecular weight excluding hydrogens is 306 g/mol. The lowest BCUT2D eigenvalue weighted by atomic mass is 10.2. The molecular formula is C13H19N5O3S. The summed E-state index contributed by atoms with van der Waals surface area (Å²) in [4.78, 5) is 24.3. The first-order chi connectivity index (χ1) is 10.5. The summed E-state index contributed by atoms with van der Waals surface area (Å²) in [5, 5.41) is 2.82. The molecule has 0 aliphatic carbocycles. The number of piperazine rings is 1. The molecule has 22 heavy (non-hydrogen) atoms. The minimum absolute atomic E-state index is 0.0521. The van der Waals surface area contributed by atoms with Crippen molar-refractivity contribution in [3.8, 4) is 0 Å². The summed E-state index contributed by atoms with van der Waals surface area (Å²) in [5.74, 6) is 0.887. The first-order valence-corrected chi connectivity index (χ1v) is 9.13. The molecule has 0 unspecified atom stereocenters. The van der Waals surface area contributed by atoms with E-state index in [-0.39, 0.29) is 23.6 Å². The number of hydrogen-bond acceptors (Lipinski definition) is 6. The highest BCUT2D eigenvalue weighted by Crippen LogP contribution is 2.13. The summed E-state index contributed by atoms with van der Waals surface area (Å²) in [6, 6.07) is 1.33. The van der Waals surface area contributed by atoms with Crippen LogP contribution in [0, 0.1) is 0 Å². The van der Waals surface area contributed by atoms with Crippen LogP contribution in [0.2, 0.25) is 0 Å². The van der Waals surface area contributed by atoms with Gasteiger partial charge in [0.1, 0.15) is 0 Å². The fraction of sp³-hybridized carbons (Fsp3) is 0.615. The highest BCUT2D eigenvalue weighted by molar-refractivity contribution is 7.91. The minimum atomic E-state index is -2.97. The number of hydrogen-bond donors (Lipinski definition) is 1. The van der Waals surface area contributed by atoms with Crippen LogP contribution in [0.4, 0.5) is 10.7 Å². The molecule has 2 fully saturated rings. The van der Waals surface area contributed by atoms with E-state index in [9.17, 15) is 13.2 Å². The molecule has 0 spiro atoms. The summed E-state index contributed by atoms with van der Waals surface area (Å²) in [6.07, 6.45) is 3.90. The van der Waals surface area contributed by atoms with Gasteiger partial charge in [0.15, 0.2) is 9.84 Å². The molecule has 8 nitrogen and oxygen atoms in total. The monoisotopic (exact) mass is 325 g/mol. The number of amides is 2. The van der Waals surface area contributed by atoms with Crippen LogP contribution in [-0.2, 0) is 9.84 Å². The molecule has 1 atom stereocenters. The number of sulfone groups is 1. The van der Waals surface area contributed by atoms with Crippen LogP contribution in [0.3, 0.4) is 0 Å². The zero-order valence-corrected chi connectivity index (χ0v) is 13.0. The maximum absolute atomic E-state index is 12.2. The van der Waals surface area contributed by atoms with Crippen molar-refractivity contribution < 1.29 is 13.2 Å². The highest BCUT2D eigenvalue weighted by Gasteiger charge is 2.31. The molecule has 0 radical (unpaired) electrons. The van der Waals surface area contributed by atoms with Crippen LogP contribution in [0.1, 0.15) is 6.42 Å². The van der Waals surface area contributed by atoms with E-state index in [2.05, 4.69) is 15.3 Å². The molecule has 2 amide bonds. The topological polar surface area (TPSA) is 95.5 Å². The van der Waals surface area contributed by atoms with Gasteiger partial charge in [-0.25, -0.2) is 23.2 Å². The Morgan fingerprint density at radius 2 is 1.86 bits per heavy atom. The lowest BCUT2D eigenvalue weighted by Crippen LogP contribution is -2.54. The molecule has 2 aliphatic rings. The van der Waals surface area contributed by atoms with Crippen molar-refractivity contribution >= 4 is 21.8 Å². The van der Waals surface area contributed by atoms with Crippen molar-refractivity contribution in [2.75, 3.05) is 42.6 Å². The Morgan fingerprint density at radius 1 is 1.18 bits per heavy atom. The second-order valence-corrected chi connectivity index (χ2v) is 7.80. The molecule has 0 saturated carbocycles. The molecule has 9 heteroatoms. The lowest BCUT2D eigenvalue weighted by Gasteiger charge is -2.35. The largest absolute Gasteiger partial charge is 0.337 e. The zero-order valence-electron chi connectivity index (χ0n) is 12.2. The maximum atomic E-state index is 12.2. The summed E-state index contributed by atoms with van der Waals surface area (Å²) < 4.78 is 22.8. The summed E-state index contributed by atoms with van der Waals surface area (Å²) in [6.45, 7) is 2.48. The number of aromatic nitrogens is 2. The van der Waals surface area contributed by atoms with Crippen LogP contribution in [0.5, 0.6) is 0 Å². The minimum Gasteiger partial charge on any atom is -0.337 e. The van der Waals surface area contributed by atoms with E-state index in [0.717, 1.165) is 0 Å². The van der Waals surface area contributed by atoms with Gasteiger partial charge in [-0.2, -0.15) is 0 Å². The zero-order chi connectivity index (χ0) is 15.6. The van der Waals surface area contributed by atoms with E-state index >= 15 is 0 Å². The molecule has 1 aromatic rings. The van der Waals surface area contributed by atoms with Gasteiger partial charge in [-0.1, -0.05) is 0 Å². The number of nitrogens with one attached hydrogen (secondary N) is 1. The van der Waals surface area contributed by atoms with Crippen molar-refractivity contribution in [3.63, 3.8) is 0 Å². The molecule has 1 N–H and O–H groups in total. The lowest BCUT2D eigenvalue weighted by molar-refractivity contribution is 0.191. The fourth-order valence-corrected chi connectivity index (χ4v) is 4.41. The number of urea groups is 1. The van der Waals surface area contributed by atoms with E-state index in [1.54, 1.807) is 23.4 Å². The normalized spacial score (nSPS) is 24.3. The highest BCUT2D eigenvalue weighted by atomic mass is 32.2. The third-order valence-corrected chi connectivity index (χ3v) is 5.73. The average molecular weight is 325 g/mol. The van der Waals surface area contributed by atoms with Crippen molar-refractivity contribution in [1.29, 1.82) is 0 Å². The van der Waals surface area contributed by atoms with Gasteiger partial charge < -0.3 is 15.1 Å². The molecule has 0 aromatic carbocycles. The Bertz CT molecular complexity index is 628. The molecule has 3 rings (SSSR count). The van der Waals surface area contributed by atoms with Crippen LogP contribution in [-0.4, -0.2) is 73.0 Å². The van der Waals surface area contributed by atoms with Gasteiger partial charge >= 0.3 is 6.03 Å². The maximum Gasteiger partial charge on any atom is 0.317 e. The Hall–Kier alpha value is -1.90. The van der Waals surface area contributed by atoms with Gasteiger partial charge in [0.05, 0.1) is 11.5 Å². The summed E-state index contributed by atoms with van der Waals surface area (Å²) in [7, 11) is -2.97. The number of nitrogens with zero attached hydrogens (tertiary/aromatic N) is 4. The molecule has 2 aliphatic heterocycles. The molecule has 3 heterocycles. The van der Waals surface area contributed by atoms with Crippen molar-refractivity contribution in [3.05, 3.63) is 18.5 Å². The van der Waals surface area contributed by atoms with Gasteiger partial charge in [-0.3, -0.25) is 0 Å². The van der Waals surface area contributed by atoms with E-state index in [4.69, 9.17) is 0 Å². The summed E-state index contributed by atoms with van der Waals surface area (Å²) in [5.41, 5.74) is 0. The van der Waals surface area contributed by atoms with Crippen molar-refractivity contribution in [1.82, 2.24) is 20.2 Å². The van der Waals surface area contributed by atoms with Gasteiger partial charge in [0.25, 0.3) is 0 Å². The third-order valence-electron chi connectivity index (χ3n) is 3.96. The van der Waals surface area contributed by atoms with E-state index < -0.39 is 9.84 Å². The average Bonchev–Trinajstić information content (AvgIpc) is 2.87. The number of carbonyl (C=O) groups excluding carboxylic acids is 1. The Balaban J connectivity index is 1.50.